The van der Waals surface area contributed by atoms with Crippen molar-refractivity contribution in [3.63, 3.8) is 0 Å². The number of benzene rings is 3. The van der Waals surface area contributed by atoms with Gasteiger partial charge in [-0.05, 0) is 23.1 Å². The molecule has 0 spiro atoms. The number of nitrogens with zero attached hydrogens (tertiary/aromatic N) is 4. The second-order valence-electron chi connectivity index (χ2n) is 7.51. The third-order valence-corrected chi connectivity index (χ3v) is 6.27. The number of fused-ring (bicyclic) bond motifs is 4. The monoisotopic (exact) mass is 439 g/mol. The molecule has 0 fully saturated rings. The lowest BCUT2D eigenvalue weighted by Crippen LogP contribution is -2.06. The number of thioether (sulfide) groups is 1. The number of aromatic amines is 1. The summed E-state index contributed by atoms with van der Waals surface area (Å²) < 4.78 is 7.30. The summed E-state index contributed by atoms with van der Waals surface area (Å²) in [4.78, 5) is 20.1. The van der Waals surface area contributed by atoms with Crippen LogP contribution in [0.3, 0.4) is 0 Å². The molecule has 32 heavy (non-hydrogen) atoms. The minimum atomic E-state index is -0.371. The van der Waals surface area contributed by atoms with Crippen LogP contribution in [0.15, 0.2) is 87.3 Å². The fraction of sp³-hybridized carbons (Fsp3) is 0.0833. The lowest BCUT2D eigenvalue weighted by molar-refractivity contribution is 0.558. The highest BCUT2D eigenvalue weighted by Crippen LogP contribution is 2.27. The van der Waals surface area contributed by atoms with Crippen LogP contribution >= 0.6 is 11.8 Å². The molecule has 0 amide bonds. The standard InChI is InChI=1S/C24H17N5O2S/c30-22-11-16(19-10-9-15-5-1-2-6-18(15)23(19)31-22)12-29-13-17(27-28-29)14-32-24-25-20-7-3-4-8-21(20)26-24/h1-11,13H,12,14H2,(H,25,26). The highest BCUT2D eigenvalue weighted by Gasteiger charge is 2.11. The van der Waals surface area contributed by atoms with Gasteiger partial charge in [0.2, 0.25) is 0 Å². The van der Waals surface area contributed by atoms with E-state index in [1.165, 1.54) is 6.07 Å². The summed E-state index contributed by atoms with van der Waals surface area (Å²) in [5, 5.41) is 12.2. The third-order valence-electron chi connectivity index (χ3n) is 5.36. The van der Waals surface area contributed by atoms with Gasteiger partial charge in [0.25, 0.3) is 0 Å². The zero-order valence-electron chi connectivity index (χ0n) is 16.9. The van der Waals surface area contributed by atoms with Crippen LogP contribution in [0.1, 0.15) is 11.3 Å². The first kappa shape index (κ1) is 18.8. The Morgan fingerprint density at radius 1 is 1.00 bits per heavy atom. The number of para-hydroxylation sites is 2. The number of nitrogens with one attached hydrogen (secondary N) is 1. The van der Waals surface area contributed by atoms with Crippen LogP contribution < -0.4 is 5.63 Å². The van der Waals surface area contributed by atoms with Crippen LogP contribution in [0.5, 0.6) is 0 Å². The van der Waals surface area contributed by atoms with E-state index < -0.39 is 0 Å². The maximum absolute atomic E-state index is 12.3. The van der Waals surface area contributed by atoms with Gasteiger partial charge >= 0.3 is 5.63 Å². The number of imidazole rings is 1. The summed E-state index contributed by atoms with van der Waals surface area (Å²) in [6, 6.07) is 21.4. The SMILES string of the molecule is O=c1cc(Cn2cc(CSc3nc4ccccc4[nH]3)nn2)c2ccc3ccccc3c2o1. The van der Waals surface area contributed by atoms with Crippen molar-refractivity contribution in [2.24, 2.45) is 0 Å². The third kappa shape index (κ3) is 3.44. The molecule has 156 valence electrons. The molecule has 0 radical (unpaired) electrons. The Morgan fingerprint density at radius 2 is 1.88 bits per heavy atom. The molecule has 6 aromatic rings. The molecule has 3 aromatic carbocycles. The van der Waals surface area contributed by atoms with Gasteiger partial charge in [-0.3, -0.25) is 0 Å². The Labute approximate surface area is 186 Å². The molecular weight excluding hydrogens is 422 g/mol. The second kappa shape index (κ2) is 7.65. The maximum Gasteiger partial charge on any atom is 0.336 e. The molecule has 1 N–H and O–H groups in total. The Bertz CT molecular complexity index is 1620. The largest absolute Gasteiger partial charge is 0.422 e. The lowest BCUT2D eigenvalue weighted by Gasteiger charge is -2.07. The summed E-state index contributed by atoms with van der Waals surface area (Å²) >= 11 is 1.58. The van der Waals surface area contributed by atoms with Crippen LogP contribution in [0.25, 0.3) is 32.8 Å². The van der Waals surface area contributed by atoms with Crippen molar-refractivity contribution in [1.82, 2.24) is 25.0 Å². The van der Waals surface area contributed by atoms with Crippen molar-refractivity contribution in [3.05, 3.63) is 94.6 Å². The summed E-state index contributed by atoms with van der Waals surface area (Å²) in [6.07, 6.45) is 1.90. The molecule has 6 rings (SSSR count). The highest BCUT2D eigenvalue weighted by molar-refractivity contribution is 7.98. The van der Waals surface area contributed by atoms with E-state index in [0.717, 1.165) is 43.6 Å². The van der Waals surface area contributed by atoms with Gasteiger partial charge in [-0.2, -0.15) is 0 Å². The quantitative estimate of drug-likeness (QED) is 0.237. The fourth-order valence-corrected chi connectivity index (χ4v) is 4.65. The van der Waals surface area contributed by atoms with Gasteiger partial charge in [0, 0.05) is 28.8 Å². The number of hydrogen-bond donors (Lipinski definition) is 1. The van der Waals surface area contributed by atoms with Gasteiger partial charge in [0.05, 0.1) is 23.3 Å². The minimum Gasteiger partial charge on any atom is -0.422 e. The molecule has 0 aliphatic carbocycles. The van der Waals surface area contributed by atoms with Crippen molar-refractivity contribution < 1.29 is 4.42 Å². The molecule has 0 bridgehead atoms. The summed E-state index contributed by atoms with van der Waals surface area (Å²) in [5.74, 6) is 0.641. The van der Waals surface area contributed by atoms with E-state index in [2.05, 4.69) is 20.3 Å². The number of hydrogen-bond acceptors (Lipinski definition) is 6. The maximum atomic E-state index is 12.3. The first-order valence-electron chi connectivity index (χ1n) is 10.1. The smallest absolute Gasteiger partial charge is 0.336 e. The Morgan fingerprint density at radius 3 is 2.81 bits per heavy atom. The first-order valence-corrected chi connectivity index (χ1v) is 11.1. The van der Waals surface area contributed by atoms with E-state index >= 15 is 0 Å². The average Bonchev–Trinajstić information content (AvgIpc) is 3.43. The second-order valence-corrected chi connectivity index (χ2v) is 8.47. The van der Waals surface area contributed by atoms with E-state index in [1.807, 2.05) is 66.9 Å². The van der Waals surface area contributed by atoms with Crippen LogP contribution in [-0.2, 0) is 12.3 Å². The number of aromatic nitrogens is 5. The predicted molar refractivity (Wildman–Crippen MR) is 125 cm³/mol. The van der Waals surface area contributed by atoms with Gasteiger partial charge in [0.1, 0.15) is 5.58 Å². The zero-order chi connectivity index (χ0) is 21.5. The van der Waals surface area contributed by atoms with Gasteiger partial charge in [0.15, 0.2) is 5.16 Å². The summed E-state index contributed by atoms with van der Waals surface area (Å²) in [5.41, 5.74) is 3.88. The van der Waals surface area contributed by atoms with Crippen LogP contribution in [-0.4, -0.2) is 25.0 Å². The van der Waals surface area contributed by atoms with Gasteiger partial charge in [-0.15, -0.1) is 5.10 Å². The van der Waals surface area contributed by atoms with Crippen molar-refractivity contribution in [2.75, 3.05) is 0 Å². The van der Waals surface area contributed by atoms with Crippen molar-refractivity contribution in [1.29, 1.82) is 0 Å². The normalized spacial score (nSPS) is 11.6. The molecule has 0 aliphatic rings. The number of rotatable bonds is 5. The van der Waals surface area contributed by atoms with Gasteiger partial charge in [-0.25, -0.2) is 14.5 Å². The average molecular weight is 440 g/mol. The Kier molecular flexibility index (Phi) is 4.50. The van der Waals surface area contributed by atoms with Crippen molar-refractivity contribution >= 4 is 44.5 Å². The molecule has 7 nitrogen and oxygen atoms in total. The molecule has 0 atom stereocenters. The van der Waals surface area contributed by atoms with Gasteiger partial charge < -0.3 is 9.40 Å². The molecular formula is C24H17N5O2S. The highest BCUT2D eigenvalue weighted by atomic mass is 32.2. The molecule has 0 aliphatic heterocycles. The molecule has 3 heterocycles. The Hall–Kier alpha value is -3.91. The van der Waals surface area contributed by atoms with E-state index in [0.29, 0.717) is 17.9 Å². The van der Waals surface area contributed by atoms with Crippen LogP contribution in [0.2, 0.25) is 0 Å². The van der Waals surface area contributed by atoms with Crippen LogP contribution in [0.4, 0.5) is 0 Å². The number of H-pyrrole nitrogens is 1. The predicted octanol–water partition coefficient (Wildman–Crippen LogP) is 4.75. The van der Waals surface area contributed by atoms with E-state index in [9.17, 15) is 4.79 Å². The topological polar surface area (TPSA) is 89.6 Å². The van der Waals surface area contributed by atoms with Crippen molar-refractivity contribution in [3.8, 4) is 0 Å². The minimum absolute atomic E-state index is 0.371. The molecule has 3 aromatic heterocycles. The van der Waals surface area contributed by atoms with E-state index in [4.69, 9.17) is 4.42 Å². The summed E-state index contributed by atoms with van der Waals surface area (Å²) in [7, 11) is 0. The lowest BCUT2D eigenvalue weighted by atomic mass is 10.0. The van der Waals surface area contributed by atoms with E-state index in [1.54, 1.807) is 16.4 Å². The van der Waals surface area contributed by atoms with Crippen molar-refractivity contribution in [2.45, 2.75) is 17.5 Å². The zero-order valence-corrected chi connectivity index (χ0v) is 17.7. The summed E-state index contributed by atoms with van der Waals surface area (Å²) in [6.45, 7) is 0.433. The van der Waals surface area contributed by atoms with Crippen LogP contribution in [0, 0.1) is 0 Å². The fourth-order valence-electron chi connectivity index (χ4n) is 3.88. The Balaban J connectivity index is 1.26. The van der Waals surface area contributed by atoms with E-state index in [-0.39, 0.29) is 5.63 Å². The first-order chi connectivity index (χ1) is 15.7. The molecule has 0 saturated carbocycles. The molecule has 0 saturated heterocycles. The molecule has 8 heteroatoms. The molecule has 0 unspecified atom stereocenters. The van der Waals surface area contributed by atoms with Gasteiger partial charge in [-0.1, -0.05) is 65.5 Å².